The molecule has 0 radical (unpaired) electrons. The molecule has 0 aromatic heterocycles. The van der Waals surface area contributed by atoms with Crippen LogP contribution in [0.4, 0.5) is 0 Å². The van der Waals surface area contributed by atoms with Crippen molar-refractivity contribution in [1.29, 1.82) is 0 Å². The second kappa shape index (κ2) is 5.37. The third-order valence-corrected chi connectivity index (χ3v) is 3.18. The van der Waals surface area contributed by atoms with Gasteiger partial charge >= 0.3 is 82.6 Å². The van der Waals surface area contributed by atoms with Gasteiger partial charge in [0.15, 0.2) is 0 Å². The normalized spacial score (nSPS) is 9.42. The fraction of sp³-hybridized carbons (Fsp3) is 0.333. The van der Waals surface area contributed by atoms with E-state index in [-0.39, 0.29) is 17.0 Å². The Kier molecular flexibility index (Phi) is 5.64. The molecule has 0 amide bonds. The molecule has 0 atom stereocenters. The van der Waals surface area contributed by atoms with Crippen LogP contribution < -0.4 is 17.0 Å². The maximum Gasteiger partial charge on any atom is -1.00 e. The standard InChI is InChI=1S/C9H10Cl.BrH.Zn/c1-6-4-9(10)5-7(2)8(6)3;;/h4-5H,3H2,1-2H3;1H;/q;;+1/p-1. The van der Waals surface area contributed by atoms with Crippen molar-refractivity contribution in [2.24, 2.45) is 0 Å². The van der Waals surface area contributed by atoms with E-state index in [0.717, 1.165) is 5.02 Å². The molecule has 1 aromatic carbocycles. The largest absolute Gasteiger partial charge is 1.00 e. The molecule has 0 heterocycles. The van der Waals surface area contributed by atoms with Crippen LogP contribution in [0.25, 0.3) is 0 Å². The van der Waals surface area contributed by atoms with Gasteiger partial charge < -0.3 is 17.0 Å². The minimum Gasteiger partial charge on any atom is -1.00 e. The fourth-order valence-electron chi connectivity index (χ4n) is 1.33. The zero-order valence-electron chi connectivity index (χ0n) is 7.32. The molecule has 12 heavy (non-hydrogen) atoms. The molecule has 0 spiro atoms. The number of benzene rings is 1. The Labute approximate surface area is 99.1 Å². The monoisotopic (exact) mass is 296 g/mol. The van der Waals surface area contributed by atoms with Gasteiger partial charge in [-0.3, -0.25) is 0 Å². The summed E-state index contributed by atoms with van der Waals surface area (Å²) < 4.78 is 0. The Morgan fingerprint density at radius 3 is 2.00 bits per heavy atom. The molecule has 1 aromatic rings. The maximum absolute atomic E-state index is 5.89. The molecule has 0 saturated carbocycles. The van der Waals surface area contributed by atoms with Crippen LogP contribution in [0.1, 0.15) is 16.7 Å². The van der Waals surface area contributed by atoms with Gasteiger partial charge in [-0.05, 0) is 0 Å². The van der Waals surface area contributed by atoms with E-state index in [0.29, 0.717) is 0 Å². The van der Waals surface area contributed by atoms with E-state index in [1.54, 1.807) is 0 Å². The summed E-state index contributed by atoms with van der Waals surface area (Å²) in [6, 6.07) is 4.08. The van der Waals surface area contributed by atoms with Gasteiger partial charge in [0.05, 0.1) is 0 Å². The molecule has 0 unspecified atom stereocenters. The first-order chi connectivity index (χ1) is 5.15. The van der Waals surface area contributed by atoms with Crippen molar-refractivity contribution in [2.45, 2.75) is 18.9 Å². The van der Waals surface area contributed by atoms with Crippen molar-refractivity contribution in [3.63, 3.8) is 0 Å². The van der Waals surface area contributed by atoms with E-state index in [2.05, 4.69) is 13.8 Å². The summed E-state index contributed by atoms with van der Waals surface area (Å²) in [5, 5.41) is 2.08. The van der Waals surface area contributed by atoms with Crippen LogP contribution in [-0.2, 0) is 23.3 Å². The predicted octanol–water partition coefficient (Wildman–Crippen LogP) is 0.00764. The molecule has 0 N–H and O–H groups in total. The summed E-state index contributed by atoms with van der Waals surface area (Å²) in [5.41, 5.74) is 4.15. The zero-order chi connectivity index (χ0) is 8.43. The molecule has 0 aliphatic rings. The first-order valence-electron chi connectivity index (χ1n) is 3.70. The molecule has 3 heteroatoms. The van der Waals surface area contributed by atoms with Crippen LogP contribution in [0.2, 0.25) is 5.02 Å². The topological polar surface area (TPSA) is 0 Å². The van der Waals surface area contributed by atoms with Crippen molar-refractivity contribution >= 4 is 11.6 Å². The van der Waals surface area contributed by atoms with Crippen LogP contribution >= 0.6 is 11.6 Å². The third-order valence-electron chi connectivity index (χ3n) is 1.91. The van der Waals surface area contributed by atoms with Crippen molar-refractivity contribution in [3.05, 3.63) is 33.8 Å². The average Bonchev–Trinajstić information content (AvgIpc) is 1.85. The Balaban J connectivity index is 0.00000121. The van der Waals surface area contributed by atoms with Crippen molar-refractivity contribution in [2.75, 3.05) is 0 Å². The molecule has 0 saturated heterocycles. The van der Waals surface area contributed by atoms with Gasteiger partial charge in [0.2, 0.25) is 0 Å². The molecule has 0 aliphatic carbocycles. The van der Waals surface area contributed by atoms with Crippen LogP contribution in [0, 0.1) is 13.8 Å². The van der Waals surface area contributed by atoms with Crippen molar-refractivity contribution in [3.8, 4) is 0 Å². The van der Waals surface area contributed by atoms with Gasteiger partial charge in [0, 0.05) is 0 Å². The molecule has 62 valence electrons. The number of hydrogen-bond acceptors (Lipinski definition) is 0. The number of halogens is 2. The Hall–Kier alpha value is 0.613. The third kappa shape index (κ3) is 2.83. The van der Waals surface area contributed by atoms with Crippen LogP contribution in [0.3, 0.4) is 0 Å². The number of rotatable bonds is 1. The molecule has 1 rings (SSSR count). The average molecular weight is 299 g/mol. The summed E-state index contributed by atoms with van der Waals surface area (Å²) >= 11 is 7.21. The number of hydrogen-bond donors (Lipinski definition) is 0. The Morgan fingerprint density at radius 1 is 1.25 bits per heavy atom. The van der Waals surface area contributed by atoms with Gasteiger partial charge in [-0.2, -0.15) is 0 Å². The van der Waals surface area contributed by atoms with Gasteiger partial charge in [0.1, 0.15) is 0 Å². The van der Waals surface area contributed by atoms with E-state index < -0.39 is 0 Å². The van der Waals surface area contributed by atoms with Gasteiger partial charge in [-0.1, -0.05) is 0 Å². The zero-order valence-corrected chi connectivity index (χ0v) is 12.6. The van der Waals surface area contributed by atoms with E-state index in [9.17, 15) is 0 Å². The summed E-state index contributed by atoms with van der Waals surface area (Å²) in [4.78, 5) is 0. The van der Waals surface area contributed by atoms with Gasteiger partial charge in [0.25, 0.3) is 0 Å². The molecular formula is C9H10BrClZn. The smallest absolute Gasteiger partial charge is 1.00 e. The molecule has 0 nitrogen and oxygen atoms in total. The molecular weight excluding hydrogens is 289 g/mol. The minimum atomic E-state index is 0. The Morgan fingerprint density at radius 2 is 1.67 bits per heavy atom. The van der Waals surface area contributed by atoms with Crippen LogP contribution in [0.15, 0.2) is 12.1 Å². The fourth-order valence-corrected chi connectivity index (χ4v) is 3.32. The first kappa shape index (κ1) is 12.6. The summed E-state index contributed by atoms with van der Waals surface area (Å²) in [6.45, 7) is 4.26. The van der Waals surface area contributed by atoms with Crippen LogP contribution in [-0.4, -0.2) is 0 Å². The van der Waals surface area contributed by atoms with E-state index in [1.165, 1.54) is 40.0 Å². The Bertz CT molecular complexity index is 250. The van der Waals surface area contributed by atoms with E-state index in [4.69, 9.17) is 11.6 Å². The van der Waals surface area contributed by atoms with Crippen molar-refractivity contribution in [1.82, 2.24) is 0 Å². The second-order valence-electron chi connectivity index (χ2n) is 2.77. The minimum absolute atomic E-state index is 0. The second-order valence-corrected chi connectivity index (χ2v) is 4.25. The SMILES string of the molecule is Cc1cc(Cl)cc(C)c1[CH2][Zn+].[Br-]. The number of aryl methyl sites for hydroxylation is 2. The first-order valence-corrected chi connectivity index (χ1v) is 6.17. The molecule has 0 fully saturated rings. The summed E-state index contributed by atoms with van der Waals surface area (Å²) in [7, 11) is 0. The summed E-state index contributed by atoms with van der Waals surface area (Å²) in [5.74, 6) is 0. The van der Waals surface area contributed by atoms with Gasteiger partial charge in [-0.15, -0.1) is 0 Å². The molecule has 0 aliphatic heterocycles. The van der Waals surface area contributed by atoms with E-state index in [1.807, 2.05) is 12.1 Å². The van der Waals surface area contributed by atoms with E-state index >= 15 is 0 Å². The quantitative estimate of drug-likeness (QED) is 0.641. The van der Waals surface area contributed by atoms with Crippen LogP contribution in [0.5, 0.6) is 0 Å². The predicted molar refractivity (Wildman–Crippen MR) is 44.6 cm³/mol. The summed E-state index contributed by atoms with van der Waals surface area (Å²) in [6.07, 6.45) is 0. The van der Waals surface area contributed by atoms with Crippen molar-refractivity contribution < 1.29 is 35.3 Å². The maximum atomic E-state index is 5.89. The molecule has 0 bridgehead atoms. The van der Waals surface area contributed by atoms with Gasteiger partial charge in [-0.25, -0.2) is 0 Å².